The molecule has 4 aromatic carbocycles. The van der Waals surface area contributed by atoms with Crippen molar-refractivity contribution in [3.05, 3.63) is 121 Å². The summed E-state index contributed by atoms with van der Waals surface area (Å²) in [6.07, 6.45) is 0. The highest BCUT2D eigenvalue weighted by molar-refractivity contribution is 5.47. The van der Waals surface area contributed by atoms with E-state index in [-0.39, 0.29) is 0 Å². The second-order valence-corrected chi connectivity index (χ2v) is 10.3. The molecule has 41 heavy (non-hydrogen) atoms. The predicted octanol–water partition coefficient (Wildman–Crippen LogP) is 5.56. The van der Waals surface area contributed by atoms with E-state index in [9.17, 15) is 0 Å². The maximum absolute atomic E-state index is 5.93. The number of para-hydroxylation sites is 2. The fourth-order valence-electron chi connectivity index (χ4n) is 5.10. The van der Waals surface area contributed by atoms with Crippen LogP contribution in [0.25, 0.3) is 0 Å². The zero-order valence-electron chi connectivity index (χ0n) is 23.9. The summed E-state index contributed by atoms with van der Waals surface area (Å²) in [5, 5.41) is 3.34. The van der Waals surface area contributed by atoms with Crippen molar-refractivity contribution in [3.8, 4) is 11.5 Å². The van der Waals surface area contributed by atoms with Crippen molar-refractivity contribution in [1.82, 2.24) is 10.2 Å². The largest absolute Gasteiger partial charge is 0.492 e. The van der Waals surface area contributed by atoms with Gasteiger partial charge in [0.05, 0.1) is 0 Å². The smallest absolute Gasteiger partial charge is 0.120 e. The van der Waals surface area contributed by atoms with Crippen molar-refractivity contribution >= 4 is 11.4 Å². The molecular weight excluding hydrogens is 508 g/mol. The summed E-state index contributed by atoms with van der Waals surface area (Å²) in [4.78, 5) is 7.33. The van der Waals surface area contributed by atoms with Gasteiger partial charge in [-0.2, -0.15) is 0 Å². The van der Waals surface area contributed by atoms with Crippen LogP contribution in [0, 0.1) is 0 Å². The van der Waals surface area contributed by atoms with E-state index >= 15 is 0 Å². The van der Waals surface area contributed by atoms with E-state index in [2.05, 4.69) is 92.8 Å². The van der Waals surface area contributed by atoms with E-state index in [0.29, 0.717) is 13.2 Å². The molecule has 4 aromatic rings. The van der Waals surface area contributed by atoms with E-state index in [0.717, 1.165) is 70.4 Å². The Balaban J connectivity index is 0.000000234. The summed E-state index contributed by atoms with van der Waals surface area (Å²) in [5.41, 5.74) is 3.83. The first-order valence-corrected chi connectivity index (χ1v) is 14.8. The number of piperazine rings is 2. The lowest BCUT2D eigenvalue weighted by molar-refractivity contribution is 0.200. The molecule has 2 aliphatic heterocycles. The Bertz CT molecular complexity index is 1240. The Morgan fingerprint density at radius 1 is 0.512 bits per heavy atom. The summed E-state index contributed by atoms with van der Waals surface area (Å²) in [6, 6.07) is 39.3. The molecule has 6 heteroatoms. The Morgan fingerprint density at radius 3 is 1.56 bits per heavy atom. The molecule has 2 heterocycles. The maximum Gasteiger partial charge on any atom is 0.120 e. The molecule has 0 aromatic heterocycles. The van der Waals surface area contributed by atoms with Crippen molar-refractivity contribution in [2.45, 2.75) is 6.61 Å². The SMILES string of the molecule is c1ccc(COc2ccc(OCCN3CCN(c4ccccc4)CC3)cc2)cc1.c1ccc(N2CCNCC2)cc1. The molecule has 0 spiro atoms. The minimum Gasteiger partial charge on any atom is -0.492 e. The second kappa shape index (κ2) is 15.7. The third kappa shape index (κ3) is 9.27. The first-order valence-electron chi connectivity index (χ1n) is 14.8. The van der Waals surface area contributed by atoms with Crippen LogP contribution in [0.5, 0.6) is 11.5 Å². The molecule has 0 saturated carbocycles. The van der Waals surface area contributed by atoms with Crippen molar-refractivity contribution in [3.63, 3.8) is 0 Å². The zero-order valence-corrected chi connectivity index (χ0v) is 23.9. The molecule has 2 saturated heterocycles. The van der Waals surface area contributed by atoms with E-state index in [1.54, 1.807) is 0 Å². The molecule has 0 bridgehead atoms. The van der Waals surface area contributed by atoms with Gasteiger partial charge in [0, 0.05) is 70.3 Å². The number of ether oxygens (including phenoxy) is 2. The molecule has 2 aliphatic rings. The standard InChI is InChI=1S/C25H28N2O2.C10H14N2/c1-3-7-22(8-4-1)21-29-25-13-11-24(12-14-25)28-20-19-26-15-17-27(18-16-26)23-9-5-2-6-10-23;1-2-4-10(5-3-1)12-8-6-11-7-9-12/h1-14H,15-21H2;1-5,11H,6-9H2. The number of benzene rings is 4. The first kappa shape index (κ1) is 28.5. The molecule has 214 valence electrons. The van der Waals surface area contributed by atoms with Gasteiger partial charge < -0.3 is 24.6 Å². The van der Waals surface area contributed by atoms with Gasteiger partial charge in [0.15, 0.2) is 0 Å². The van der Waals surface area contributed by atoms with Crippen molar-refractivity contribution in [2.75, 3.05) is 75.3 Å². The normalized spacial score (nSPS) is 15.5. The molecule has 1 N–H and O–H groups in total. The lowest BCUT2D eigenvalue weighted by atomic mass is 10.2. The summed E-state index contributed by atoms with van der Waals surface area (Å²) in [5.74, 6) is 1.75. The van der Waals surface area contributed by atoms with Crippen LogP contribution >= 0.6 is 0 Å². The summed E-state index contributed by atoms with van der Waals surface area (Å²) < 4.78 is 11.8. The van der Waals surface area contributed by atoms with Crippen molar-refractivity contribution in [2.24, 2.45) is 0 Å². The Labute approximate surface area is 245 Å². The minimum absolute atomic E-state index is 0.579. The highest BCUT2D eigenvalue weighted by Crippen LogP contribution is 2.19. The van der Waals surface area contributed by atoms with Gasteiger partial charge in [0.1, 0.15) is 24.7 Å². The zero-order chi connectivity index (χ0) is 28.0. The Morgan fingerprint density at radius 2 is 1.00 bits per heavy atom. The summed E-state index contributed by atoms with van der Waals surface area (Å²) in [7, 11) is 0. The number of nitrogens with zero attached hydrogens (tertiary/aromatic N) is 3. The predicted molar refractivity (Wildman–Crippen MR) is 169 cm³/mol. The van der Waals surface area contributed by atoms with Gasteiger partial charge in [0.25, 0.3) is 0 Å². The Hall–Kier alpha value is -4.00. The fraction of sp³-hybridized carbons (Fsp3) is 0.314. The van der Waals surface area contributed by atoms with Crippen LogP contribution in [0.4, 0.5) is 11.4 Å². The molecule has 0 radical (unpaired) electrons. The van der Waals surface area contributed by atoms with Gasteiger partial charge in [-0.1, -0.05) is 66.7 Å². The summed E-state index contributed by atoms with van der Waals surface area (Å²) in [6.45, 7) is 11.0. The quantitative estimate of drug-likeness (QED) is 0.294. The minimum atomic E-state index is 0.579. The monoisotopic (exact) mass is 550 g/mol. The van der Waals surface area contributed by atoms with Crippen LogP contribution in [0.3, 0.4) is 0 Å². The van der Waals surface area contributed by atoms with E-state index in [4.69, 9.17) is 9.47 Å². The number of nitrogens with one attached hydrogen (secondary N) is 1. The van der Waals surface area contributed by atoms with Gasteiger partial charge in [-0.05, 0) is 54.1 Å². The van der Waals surface area contributed by atoms with E-state index in [1.807, 2.05) is 42.5 Å². The van der Waals surface area contributed by atoms with Crippen molar-refractivity contribution in [1.29, 1.82) is 0 Å². The van der Waals surface area contributed by atoms with E-state index < -0.39 is 0 Å². The molecule has 0 unspecified atom stereocenters. The van der Waals surface area contributed by atoms with Crippen LogP contribution in [0.1, 0.15) is 5.56 Å². The van der Waals surface area contributed by atoms with Gasteiger partial charge in [-0.3, -0.25) is 4.90 Å². The number of hydrogen-bond acceptors (Lipinski definition) is 6. The average Bonchev–Trinajstić information content (AvgIpc) is 3.07. The number of hydrogen-bond donors (Lipinski definition) is 1. The highest BCUT2D eigenvalue weighted by atomic mass is 16.5. The van der Waals surface area contributed by atoms with Gasteiger partial charge in [-0.25, -0.2) is 0 Å². The lowest BCUT2D eigenvalue weighted by Gasteiger charge is -2.36. The van der Waals surface area contributed by atoms with Crippen LogP contribution < -0.4 is 24.6 Å². The topological polar surface area (TPSA) is 40.2 Å². The van der Waals surface area contributed by atoms with Crippen LogP contribution in [0.2, 0.25) is 0 Å². The molecule has 0 amide bonds. The van der Waals surface area contributed by atoms with Crippen LogP contribution in [-0.2, 0) is 6.61 Å². The first-order chi connectivity index (χ1) is 20.3. The fourth-order valence-corrected chi connectivity index (χ4v) is 5.10. The lowest BCUT2D eigenvalue weighted by Crippen LogP contribution is -2.47. The van der Waals surface area contributed by atoms with Gasteiger partial charge in [-0.15, -0.1) is 0 Å². The molecule has 0 aliphatic carbocycles. The third-order valence-corrected chi connectivity index (χ3v) is 7.48. The van der Waals surface area contributed by atoms with Gasteiger partial charge >= 0.3 is 0 Å². The number of rotatable bonds is 9. The number of anilines is 2. The maximum atomic E-state index is 5.93. The molecular formula is C35H42N4O2. The second-order valence-electron chi connectivity index (χ2n) is 10.3. The summed E-state index contributed by atoms with van der Waals surface area (Å²) >= 11 is 0. The third-order valence-electron chi connectivity index (χ3n) is 7.48. The highest BCUT2D eigenvalue weighted by Gasteiger charge is 2.16. The van der Waals surface area contributed by atoms with Crippen LogP contribution in [0.15, 0.2) is 115 Å². The average molecular weight is 551 g/mol. The van der Waals surface area contributed by atoms with Crippen LogP contribution in [-0.4, -0.2) is 70.4 Å². The molecule has 6 rings (SSSR count). The van der Waals surface area contributed by atoms with E-state index in [1.165, 1.54) is 16.9 Å². The van der Waals surface area contributed by atoms with Crippen molar-refractivity contribution < 1.29 is 9.47 Å². The molecule has 0 atom stereocenters. The molecule has 6 nitrogen and oxygen atoms in total. The van der Waals surface area contributed by atoms with Gasteiger partial charge in [0.2, 0.25) is 0 Å². The molecule has 2 fully saturated rings. The Kier molecular flexibility index (Phi) is 10.9.